The van der Waals surface area contributed by atoms with Crippen molar-refractivity contribution in [2.24, 2.45) is 5.92 Å². The Kier molecular flexibility index (Phi) is 4.84. The molecule has 98 valence electrons. The molecule has 1 aromatic rings. The third-order valence-electron chi connectivity index (χ3n) is 2.62. The molecule has 0 bridgehead atoms. The zero-order valence-corrected chi connectivity index (χ0v) is 11.5. The maximum Gasteiger partial charge on any atom is 0.308 e. The van der Waals surface area contributed by atoms with E-state index >= 15 is 0 Å². The van der Waals surface area contributed by atoms with Gasteiger partial charge in [0.05, 0.1) is 5.92 Å². The maximum atomic E-state index is 13.1. The molecule has 0 saturated heterocycles. The highest BCUT2D eigenvalue weighted by Crippen LogP contribution is 2.15. The Bertz CT molecular complexity index is 458. The number of benzene rings is 1. The molecule has 0 aliphatic rings. The molecule has 1 amide bonds. The van der Waals surface area contributed by atoms with E-state index in [2.05, 4.69) is 21.2 Å². The number of hydrogen-bond donors (Lipinski definition) is 2. The zero-order valence-electron chi connectivity index (χ0n) is 9.91. The molecule has 0 heterocycles. The quantitative estimate of drug-likeness (QED) is 0.896. The minimum absolute atomic E-state index is 0.145. The first-order valence-corrected chi connectivity index (χ1v) is 6.10. The molecule has 0 fully saturated rings. The molecule has 0 radical (unpaired) electrons. The Morgan fingerprint density at radius 2 is 1.94 bits per heavy atom. The summed E-state index contributed by atoms with van der Waals surface area (Å²) in [5, 5.41) is 11.3. The predicted molar refractivity (Wildman–Crippen MR) is 67.8 cm³/mol. The van der Waals surface area contributed by atoms with Gasteiger partial charge in [0, 0.05) is 16.1 Å². The summed E-state index contributed by atoms with van der Waals surface area (Å²) >= 11 is 3.09. The molecule has 1 aromatic carbocycles. The summed E-state index contributed by atoms with van der Waals surface area (Å²) in [5.74, 6) is -2.75. The van der Waals surface area contributed by atoms with Crippen LogP contribution in [0.3, 0.4) is 0 Å². The fourth-order valence-electron chi connectivity index (χ4n) is 1.31. The summed E-state index contributed by atoms with van der Waals surface area (Å²) in [6.07, 6.45) is 0. The van der Waals surface area contributed by atoms with Crippen LogP contribution < -0.4 is 5.32 Å². The first kappa shape index (κ1) is 14.6. The Morgan fingerprint density at radius 3 is 2.44 bits per heavy atom. The molecule has 0 aromatic heterocycles. The molecule has 18 heavy (non-hydrogen) atoms. The molecule has 2 unspecified atom stereocenters. The summed E-state index contributed by atoms with van der Waals surface area (Å²) in [6.45, 7) is 3.08. The highest BCUT2D eigenvalue weighted by molar-refractivity contribution is 9.10. The monoisotopic (exact) mass is 317 g/mol. The average Bonchev–Trinajstić information content (AvgIpc) is 2.26. The van der Waals surface area contributed by atoms with E-state index in [1.54, 1.807) is 6.92 Å². The lowest BCUT2D eigenvalue weighted by molar-refractivity contribution is -0.141. The van der Waals surface area contributed by atoms with Crippen LogP contribution in [0.1, 0.15) is 24.2 Å². The molecular formula is C12H13BrFNO3. The minimum Gasteiger partial charge on any atom is -0.481 e. The summed E-state index contributed by atoms with van der Waals surface area (Å²) in [4.78, 5) is 22.5. The number of carboxylic acids is 1. The van der Waals surface area contributed by atoms with E-state index in [1.807, 2.05) is 0 Å². The number of carbonyl (C=O) groups is 2. The van der Waals surface area contributed by atoms with Gasteiger partial charge in [0.25, 0.3) is 5.91 Å². The summed E-state index contributed by atoms with van der Waals surface area (Å²) < 4.78 is 13.6. The van der Waals surface area contributed by atoms with Gasteiger partial charge in [-0.25, -0.2) is 4.39 Å². The third-order valence-corrected chi connectivity index (χ3v) is 3.08. The van der Waals surface area contributed by atoms with Crippen LogP contribution in [0.5, 0.6) is 0 Å². The standard InChI is InChI=1S/C12H13BrFNO3/c1-6(12(17)18)7(2)15-11(16)8-3-9(13)5-10(14)4-8/h3-7H,1-2H3,(H,15,16)(H,17,18). The molecule has 2 N–H and O–H groups in total. The van der Waals surface area contributed by atoms with Crippen LogP contribution >= 0.6 is 15.9 Å². The number of hydrogen-bond acceptors (Lipinski definition) is 2. The van der Waals surface area contributed by atoms with Crippen LogP contribution in [0.15, 0.2) is 22.7 Å². The fourth-order valence-corrected chi connectivity index (χ4v) is 1.78. The molecule has 0 saturated carbocycles. The van der Waals surface area contributed by atoms with Gasteiger partial charge in [-0.1, -0.05) is 15.9 Å². The van der Waals surface area contributed by atoms with E-state index in [0.717, 1.165) is 6.07 Å². The van der Waals surface area contributed by atoms with Gasteiger partial charge < -0.3 is 10.4 Å². The fraction of sp³-hybridized carbons (Fsp3) is 0.333. The highest BCUT2D eigenvalue weighted by atomic mass is 79.9. The summed E-state index contributed by atoms with van der Waals surface area (Å²) in [7, 11) is 0. The number of carboxylic acid groups (broad SMARTS) is 1. The Balaban J connectivity index is 2.79. The van der Waals surface area contributed by atoms with E-state index in [4.69, 9.17) is 5.11 Å². The van der Waals surface area contributed by atoms with E-state index < -0.39 is 29.7 Å². The van der Waals surface area contributed by atoms with E-state index in [-0.39, 0.29) is 5.56 Å². The summed E-state index contributed by atoms with van der Waals surface area (Å²) in [5.41, 5.74) is 0.145. The van der Waals surface area contributed by atoms with E-state index in [0.29, 0.717) is 4.47 Å². The lowest BCUT2D eigenvalue weighted by Crippen LogP contribution is -2.40. The number of amides is 1. The van der Waals surface area contributed by atoms with Crippen molar-refractivity contribution in [2.75, 3.05) is 0 Å². The van der Waals surface area contributed by atoms with Crippen LogP contribution in [-0.2, 0) is 4.79 Å². The number of halogens is 2. The Morgan fingerprint density at radius 1 is 1.33 bits per heavy atom. The number of rotatable bonds is 4. The lowest BCUT2D eigenvalue weighted by atomic mass is 10.0. The van der Waals surface area contributed by atoms with Crippen molar-refractivity contribution in [3.63, 3.8) is 0 Å². The maximum absolute atomic E-state index is 13.1. The van der Waals surface area contributed by atoms with Gasteiger partial charge in [0.15, 0.2) is 0 Å². The second-order valence-corrected chi connectivity index (χ2v) is 4.96. The van der Waals surface area contributed by atoms with Crippen molar-refractivity contribution >= 4 is 27.8 Å². The van der Waals surface area contributed by atoms with Gasteiger partial charge in [0.1, 0.15) is 5.82 Å². The SMILES string of the molecule is CC(NC(=O)c1cc(F)cc(Br)c1)C(C)C(=O)O. The first-order chi connectivity index (χ1) is 8.31. The molecule has 0 spiro atoms. The zero-order chi connectivity index (χ0) is 13.9. The van der Waals surface area contributed by atoms with E-state index in [9.17, 15) is 14.0 Å². The van der Waals surface area contributed by atoms with Crippen molar-refractivity contribution < 1.29 is 19.1 Å². The van der Waals surface area contributed by atoms with Crippen LogP contribution in [0, 0.1) is 11.7 Å². The Labute approximate surface area is 112 Å². The van der Waals surface area contributed by atoms with Crippen molar-refractivity contribution in [2.45, 2.75) is 19.9 Å². The second-order valence-electron chi connectivity index (χ2n) is 4.05. The molecule has 0 aliphatic heterocycles. The molecule has 0 aliphatic carbocycles. The number of aliphatic carboxylic acids is 1. The van der Waals surface area contributed by atoms with Crippen molar-refractivity contribution in [1.82, 2.24) is 5.32 Å². The Hall–Kier alpha value is -1.43. The van der Waals surface area contributed by atoms with Gasteiger partial charge in [-0.2, -0.15) is 0 Å². The largest absolute Gasteiger partial charge is 0.481 e. The lowest BCUT2D eigenvalue weighted by Gasteiger charge is -2.17. The first-order valence-electron chi connectivity index (χ1n) is 5.31. The molecular weight excluding hydrogens is 305 g/mol. The summed E-state index contributed by atoms with van der Waals surface area (Å²) in [6, 6.07) is 3.26. The van der Waals surface area contributed by atoms with Crippen molar-refractivity contribution in [3.8, 4) is 0 Å². The minimum atomic E-state index is -0.997. The smallest absolute Gasteiger partial charge is 0.308 e. The van der Waals surface area contributed by atoms with Gasteiger partial charge in [-0.3, -0.25) is 9.59 Å². The number of carbonyl (C=O) groups excluding carboxylic acids is 1. The van der Waals surface area contributed by atoms with Crippen molar-refractivity contribution in [3.05, 3.63) is 34.1 Å². The molecule has 4 nitrogen and oxygen atoms in total. The van der Waals surface area contributed by atoms with Gasteiger partial charge >= 0.3 is 5.97 Å². The number of nitrogens with one attached hydrogen (secondary N) is 1. The van der Waals surface area contributed by atoms with Crippen LogP contribution in [0.4, 0.5) is 4.39 Å². The molecule has 2 atom stereocenters. The van der Waals surface area contributed by atoms with Crippen molar-refractivity contribution in [1.29, 1.82) is 0 Å². The van der Waals surface area contributed by atoms with Gasteiger partial charge in [-0.05, 0) is 32.0 Å². The second kappa shape index (κ2) is 5.95. The van der Waals surface area contributed by atoms with Gasteiger partial charge in [-0.15, -0.1) is 0 Å². The van der Waals surface area contributed by atoms with Crippen LogP contribution in [0.25, 0.3) is 0 Å². The predicted octanol–water partition coefficient (Wildman–Crippen LogP) is 2.43. The molecule has 6 heteroatoms. The third kappa shape index (κ3) is 3.80. The topological polar surface area (TPSA) is 66.4 Å². The normalized spacial score (nSPS) is 13.8. The molecule has 1 rings (SSSR count). The van der Waals surface area contributed by atoms with Crippen LogP contribution in [0.2, 0.25) is 0 Å². The average molecular weight is 318 g/mol. The highest BCUT2D eigenvalue weighted by Gasteiger charge is 2.21. The van der Waals surface area contributed by atoms with E-state index in [1.165, 1.54) is 19.1 Å². The van der Waals surface area contributed by atoms with Crippen LogP contribution in [-0.4, -0.2) is 23.0 Å². The van der Waals surface area contributed by atoms with Gasteiger partial charge in [0.2, 0.25) is 0 Å².